The van der Waals surface area contributed by atoms with Gasteiger partial charge in [-0.05, 0) is 12.2 Å². The monoisotopic (exact) mass is 163 g/mol. The molecule has 0 spiro atoms. The maximum atomic E-state index is 10.9. The highest BCUT2D eigenvalue weighted by molar-refractivity contribution is 6.16. The van der Waals surface area contributed by atoms with E-state index in [1.54, 1.807) is 35.9 Å². The summed E-state index contributed by atoms with van der Waals surface area (Å²) < 4.78 is 1.54. The fourth-order valence-electron chi connectivity index (χ4n) is 0.867. The highest BCUT2D eigenvalue weighted by atomic mass is 16.1. The average molecular weight is 163 g/mol. The molecule has 0 saturated heterocycles. The Kier molecular flexibility index (Phi) is 2.33. The van der Waals surface area contributed by atoms with Crippen molar-refractivity contribution in [2.45, 2.75) is 6.92 Å². The summed E-state index contributed by atoms with van der Waals surface area (Å²) >= 11 is 0. The summed E-state index contributed by atoms with van der Waals surface area (Å²) in [6.45, 7) is 1.51. The van der Waals surface area contributed by atoms with Gasteiger partial charge < -0.3 is 5.41 Å². The molecule has 0 aliphatic heterocycles. The minimum Gasteiger partial charge on any atom is -0.301 e. The van der Waals surface area contributed by atoms with Gasteiger partial charge in [-0.3, -0.25) is 0 Å². The quantitative estimate of drug-likeness (QED) is 0.416. The third kappa shape index (κ3) is 1.75. The smallest absolute Gasteiger partial charge is 0.301 e. The van der Waals surface area contributed by atoms with Crippen LogP contribution in [0, 0.1) is 5.41 Å². The van der Waals surface area contributed by atoms with Crippen LogP contribution in [0.15, 0.2) is 24.3 Å². The van der Waals surface area contributed by atoms with Gasteiger partial charge in [0, 0.05) is 12.2 Å². The minimum absolute atomic E-state index is 0.00673. The Bertz CT molecular complexity index is 303. The van der Waals surface area contributed by atoms with E-state index in [-0.39, 0.29) is 5.91 Å². The van der Waals surface area contributed by atoms with E-state index in [0.717, 1.165) is 5.71 Å². The number of carbonyl (C=O) groups excluding carboxylic acids is 1. The van der Waals surface area contributed by atoms with Gasteiger partial charge in [0.2, 0.25) is 5.71 Å². The maximum absolute atomic E-state index is 10.9. The molecule has 3 heteroatoms. The normalized spacial score (nSPS) is 15.2. The minimum atomic E-state index is -0.00673. The molecule has 0 radical (unpaired) electrons. The predicted octanol–water partition coefficient (Wildman–Crippen LogP) is 0.762. The fourth-order valence-corrected chi connectivity index (χ4v) is 0.867. The molecule has 0 heterocycles. The van der Waals surface area contributed by atoms with Crippen molar-refractivity contribution in [2.75, 3.05) is 7.05 Å². The molecule has 0 aromatic rings. The third-order valence-corrected chi connectivity index (χ3v) is 1.73. The second-order valence-electron chi connectivity index (χ2n) is 2.62. The van der Waals surface area contributed by atoms with Gasteiger partial charge in [0.1, 0.15) is 7.05 Å². The molecule has 1 amide bonds. The molecule has 1 N–H and O–H groups in total. The first kappa shape index (κ1) is 8.59. The number of hydrogen-bond acceptors (Lipinski definition) is 2. The van der Waals surface area contributed by atoms with Crippen LogP contribution in [-0.2, 0) is 4.79 Å². The molecule has 0 fully saturated rings. The molecule has 12 heavy (non-hydrogen) atoms. The molecule has 0 unspecified atom stereocenters. The Morgan fingerprint density at radius 3 is 2.25 bits per heavy atom. The lowest BCUT2D eigenvalue weighted by molar-refractivity contribution is -0.415. The summed E-state index contributed by atoms with van der Waals surface area (Å²) in [6.07, 6.45) is 6.83. The van der Waals surface area contributed by atoms with Crippen molar-refractivity contribution < 1.29 is 9.37 Å². The first-order valence-corrected chi connectivity index (χ1v) is 3.67. The standard InChI is InChI=1S/C9H11N2O/c1-7(12)11(2)9-5-3-8(10)4-6-9/h3-6,10H,1-2H3/q+1. The number of hydrogen-bond donors (Lipinski definition) is 1. The van der Waals surface area contributed by atoms with Crippen LogP contribution in [0.4, 0.5) is 0 Å². The maximum Gasteiger partial charge on any atom is 0.384 e. The molecule has 0 saturated carbocycles. The van der Waals surface area contributed by atoms with Crippen molar-refractivity contribution in [1.82, 2.24) is 0 Å². The van der Waals surface area contributed by atoms with Gasteiger partial charge in [0.25, 0.3) is 0 Å². The zero-order chi connectivity index (χ0) is 9.14. The molecule has 1 aliphatic carbocycles. The van der Waals surface area contributed by atoms with Crippen molar-refractivity contribution in [2.24, 2.45) is 0 Å². The molecule has 0 atom stereocenters. The van der Waals surface area contributed by atoms with Gasteiger partial charge >= 0.3 is 5.91 Å². The van der Waals surface area contributed by atoms with Crippen molar-refractivity contribution in [3.63, 3.8) is 0 Å². The second-order valence-corrected chi connectivity index (χ2v) is 2.62. The number of amides is 1. The van der Waals surface area contributed by atoms with E-state index in [4.69, 9.17) is 5.41 Å². The number of carbonyl (C=O) groups is 1. The summed E-state index contributed by atoms with van der Waals surface area (Å²) in [5.74, 6) is -0.00673. The van der Waals surface area contributed by atoms with E-state index in [1.807, 2.05) is 0 Å². The van der Waals surface area contributed by atoms with Crippen molar-refractivity contribution >= 4 is 17.3 Å². The zero-order valence-electron chi connectivity index (χ0n) is 7.16. The van der Waals surface area contributed by atoms with Crippen LogP contribution >= 0.6 is 0 Å². The first-order chi connectivity index (χ1) is 5.61. The van der Waals surface area contributed by atoms with Gasteiger partial charge in [0.15, 0.2) is 0 Å². The summed E-state index contributed by atoms with van der Waals surface area (Å²) in [7, 11) is 1.71. The molecular formula is C9H11N2O+. The van der Waals surface area contributed by atoms with Crippen LogP contribution < -0.4 is 0 Å². The van der Waals surface area contributed by atoms with Crippen LogP contribution in [0.1, 0.15) is 6.92 Å². The van der Waals surface area contributed by atoms with Crippen LogP contribution in [0.3, 0.4) is 0 Å². The van der Waals surface area contributed by atoms with Gasteiger partial charge in [0.05, 0.1) is 12.6 Å². The Labute approximate surface area is 71.2 Å². The predicted molar refractivity (Wildman–Crippen MR) is 47.9 cm³/mol. The van der Waals surface area contributed by atoms with E-state index < -0.39 is 0 Å². The molecular weight excluding hydrogens is 152 g/mol. The van der Waals surface area contributed by atoms with Crippen LogP contribution in [-0.4, -0.2) is 29.0 Å². The Balaban J connectivity index is 3.00. The van der Waals surface area contributed by atoms with E-state index in [0.29, 0.717) is 5.71 Å². The molecule has 0 aromatic carbocycles. The fraction of sp³-hybridized carbons (Fsp3) is 0.222. The number of allylic oxidation sites excluding steroid dienone is 4. The Morgan fingerprint density at radius 2 is 1.83 bits per heavy atom. The van der Waals surface area contributed by atoms with Crippen molar-refractivity contribution in [3.05, 3.63) is 24.3 Å². The lowest BCUT2D eigenvalue weighted by Gasteiger charge is -1.97. The summed E-state index contributed by atoms with van der Waals surface area (Å²) in [6, 6.07) is 0. The summed E-state index contributed by atoms with van der Waals surface area (Å²) in [4.78, 5) is 10.9. The highest BCUT2D eigenvalue weighted by Crippen LogP contribution is 1.95. The molecule has 0 aromatic heterocycles. The molecule has 1 aliphatic rings. The van der Waals surface area contributed by atoms with E-state index in [9.17, 15) is 4.79 Å². The number of rotatable bonds is 0. The van der Waals surface area contributed by atoms with Crippen LogP contribution in [0.25, 0.3) is 0 Å². The largest absolute Gasteiger partial charge is 0.384 e. The molecule has 3 nitrogen and oxygen atoms in total. The molecule has 1 rings (SSSR count). The van der Waals surface area contributed by atoms with Crippen molar-refractivity contribution in [3.8, 4) is 0 Å². The lowest BCUT2D eigenvalue weighted by atomic mass is 10.1. The van der Waals surface area contributed by atoms with Gasteiger partial charge in [-0.2, -0.15) is 4.58 Å². The second kappa shape index (κ2) is 3.26. The van der Waals surface area contributed by atoms with E-state index >= 15 is 0 Å². The zero-order valence-corrected chi connectivity index (χ0v) is 7.16. The van der Waals surface area contributed by atoms with Gasteiger partial charge in [-0.15, -0.1) is 0 Å². The highest BCUT2D eigenvalue weighted by Gasteiger charge is 2.11. The lowest BCUT2D eigenvalue weighted by Crippen LogP contribution is -2.20. The number of nitrogens with zero attached hydrogens (tertiary/aromatic N) is 1. The summed E-state index contributed by atoms with van der Waals surface area (Å²) in [5.41, 5.74) is 1.27. The Morgan fingerprint density at radius 1 is 1.33 bits per heavy atom. The Hall–Kier alpha value is -1.51. The summed E-state index contributed by atoms with van der Waals surface area (Å²) in [5, 5.41) is 7.24. The van der Waals surface area contributed by atoms with Gasteiger partial charge in [-0.1, -0.05) is 0 Å². The average Bonchev–Trinajstić information content (AvgIpc) is 2.04. The molecule has 62 valence electrons. The van der Waals surface area contributed by atoms with Gasteiger partial charge in [-0.25, -0.2) is 4.79 Å². The van der Waals surface area contributed by atoms with E-state index in [2.05, 4.69) is 0 Å². The first-order valence-electron chi connectivity index (χ1n) is 3.67. The topological polar surface area (TPSA) is 43.9 Å². The van der Waals surface area contributed by atoms with Crippen LogP contribution in [0.2, 0.25) is 0 Å². The van der Waals surface area contributed by atoms with Crippen LogP contribution in [0.5, 0.6) is 0 Å². The third-order valence-electron chi connectivity index (χ3n) is 1.73. The van der Waals surface area contributed by atoms with E-state index in [1.165, 1.54) is 6.92 Å². The number of nitrogens with one attached hydrogen (secondary N) is 1. The van der Waals surface area contributed by atoms with Crippen molar-refractivity contribution in [1.29, 1.82) is 5.41 Å². The molecule has 0 bridgehead atoms. The SMILES string of the molecule is CC(=O)[N+](C)=C1C=CC(=N)C=C1.